The van der Waals surface area contributed by atoms with E-state index in [1.807, 2.05) is 43.3 Å². The number of carbonyl (C=O) groups is 1. The van der Waals surface area contributed by atoms with Gasteiger partial charge in [0.1, 0.15) is 6.61 Å². The van der Waals surface area contributed by atoms with E-state index in [9.17, 15) is 9.90 Å². The molecule has 1 atom stereocenters. The molecule has 152 valence electrons. The first kappa shape index (κ1) is 20.7. The maximum atomic E-state index is 11.8. The molecule has 3 aromatic rings. The number of rotatable bonds is 9. The first-order chi connectivity index (χ1) is 14.6. The second-order valence-corrected chi connectivity index (χ2v) is 6.50. The molecule has 6 heteroatoms. The highest BCUT2D eigenvalue weighted by Crippen LogP contribution is 2.32. The number of carboxylic acid groups (broad SMARTS) is 1. The molecule has 0 amide bonds. The van der Waals surface area contributed by atoms with E-state index in [4.69, 9.17) is 14.7 Å². The van der Waals surface area contributed by atoms with Gasteiger partial charge in [-0.25, -0.2) is 0 Å². The molecule has 0 aromatic heterocycles. The number of nitrogens with one attached hydrogen (secondary N) is 1. The van der Waals surface area contributed by atoms with E-state index in [1.165, 1.54) is 0 Å². The van der Waals surface area contributed by atoms with Gasteiger partial charge in [-0.2, -0.15) is 5.26 Å². The molecule has 0 heterocycles. The number of anilines is 1. The smallest absolute Gasteiger partial charge is 0.161 e. The maximum absolute atomic E-state index is 11.8. The molecule has 0 saturated heterocycles. The van der Waals surface area contributed by atoms with Gasteiger partial charge in [0, 0.05) is 5.69 Å². The summed E-state index contributed by atoms with van der Waals surface area (Å²) in [6, 6.07) is 22.2. The van der Waals surface area contributed by atoms with Crippen LogP contribution in [-0.4, -0.2) is 12.6 Å². The van der Waals surface area contributed by atoms with Crippen LogP contribution in [0.2, 0.25) is 0 Å². The Kier molecular flexibility index (Phi) is 6.91. The molecule has 1 unspecified atom stereocenters. The average Bonchev–Trinajstić information content (AvgIpc) is 2.78. The summed E-state index contributed by atoms with van der Waals surface area (Å²) in [5, 5.41) is 23.6. The van der Waals surface area contributed by atoms with Crippen LogP contribution in [0, 0.1) is 11.3 Å². The zero-order chi connectivity index (χ0) is 21.3. The van der Waals surface area contributed by atoms with Crippen LogP contribution in [0.25, 0.3) is 0 Å². The molecular weight excluding hydrogens is 380 g/mol. The molecule has 0 aliphatic carbocycles. The quantitative estimate of drug-likeness (QED) is 0.590. The molecule has 3 aromatic carbocycles. The number of aliphatic carboxylic acids is 1. The monoisotopic (exact) mass is 401 g/mol. The number of nitrogens with zero attached hydrogens (tertiary/aromatic N) is 1. The van der Waals surface area contributed by atoms with Crippen molar-refractivity contribution in [3.8, 4) is 17.6 Å². The Morgan fingerprint density at radius 3 is 2.40 bits per heavy atom. The van der Waals surface area contributed by atoms with Gasteiger partial charge in [-0.15, -0.1) is 0 Å². The summed E-state index contributed by atoms with van der Waals surface area (Å²) in [6.07, 6.45) is 0. The highest BCUT2D eigenvalue weighted by Gasteiger charge is 2.16. The third kappa shape index (κ3) is 5.30. The Morgan fingerprint density at radius 2 is 1.77 bits per heavy atom. The number of nitriles is 1. The van der Waals surface area contributed by atoms with Gasteiger partial charge in [-0.3, -0.25) is 0 Å². The Hall–Kier alpha value is -3.98. The molecule has 0 fully saturated rings. The second-order valence-electron chi connectivity index (χ2n) is 6.50. The molecular formula is C24H21N2O4-. The summed E-state index contributed by atoms with van der Waals surface area (Å²) in [7, 11) is 0. The van der Waals surface area contributed by atoms with Crippen molar-refractivity contribution in [1.29, 1.82) is 5.26 Å². The average molecular weight is 401 g/mol. The summed E-state index contributed by atoms with van der Waals surface area (Å²) >= 11 is 0. The van der Waals surface area contributed by atoms with Crippen molar-refractivity contribution in [2.45, 2.75) is 19.6 Å². The van der Waals surface area contributed by atoms with Crippen LogP contribution in [-0.2, 0) is 11.4 Å². The van der Waals surface area contributed by atoms with Crippen molar-refractivity contribution in [1.82, 2.24) is 0 Å². The first-order valence-electron chi connectivity index (χ1n) is 9.51. The van der Waals surface area contributed by atoms with Crippen molar-refractivity contribution in [3.63, 3.8) is 0 Å². The largest absolute Gasteiger partial charge is 0.548 e. The van der Waals surface area contributed by atoms with Gasteiger partial charge < -0.3 is 24.7 Å². The minimum absolute atomic E-state index is 0.369. The minimum Gasteiger partial charge on any atom is -0.548 e. The summed E-state index contributed by atoms with van der Waals surface area (Å²) in [4.78, 5) is 11.8. The molecule has 0 spiro atoms. The van der Waals surface area contributed by atoms with Crippen molar-refractivity contribution >= 4 is 11.7 Å². The van der Waals surface area contributed by atoms with Crippen molar-refractivity contribution in [2.75, 3.05) is 11.9 Å². The first-order valence-corrected chi connectivity index (χ1v) is 9.51. The van der Waals surface area contributed by atoms with Crippen LogP contribution in [0.4, 0.5) is 5.69 Å². The van der Waals surface area contributed by atoms with E-state index in [0.717, 1.165) is 5.56 Å². The Bertz CT molecular complexity index is 1030. The number of carboxylic acids is 1. The SMILES string of the molecule is CCOc1cc(C(Nc2ccc(C#N)cc2)C(=O)[O-])ccc1OCc1ccccc1. The van der Waals surface area contributed by atoms with E-state index in [1.54, 1.807) is 42.5 Å². The number of ether oxygens (including phenoxy) is 2. The van der Waals surface area contributed by atoms with E-state index >= 15 is 0 Å². The lowest BCUT2D eigenvalue weighted by Gasteiger charge is -2.23. The molecule has 30 heavy (non-hydrogen) atoms. The topological polar surface area (TPSA) is 94.4 Å². The molecule has 6 nitrogen and oxygen atoms in total. The molecule has 0 aliphatic heterocycles. The predicted octanol–water partition coefficient (Wildman–Crippen LogP) is 3.44. The lowest BCUT2D eigenvalue weighted by atomic mass is 10.1. The Balaban J connectivity index is 1.82. The van der Waals surface area contributed by atoms with Gasteiger partial charge in [0.2, 0.25) is 0 Å². The highest BCUT2D eigenvalue weighted by atomic mass is 16.5. The standard InChI is InChI=1S/C24H22N2O4/c1-2-29-22-14-19(10-13-21(22)30-16-18-6-4-3-5-7-18)23(24(27)28)26-20-11-8-17(15-25)9-12-20/h3-14,23,26H,2,16H2,1H3,(H,27,28)/p-1. The number of hydrogen-bond acceptors (Lipinski definition) is 6. The minimum atomic E-state index is -1.28. The van der Waals surface area contributed by atoms with Crippen LogP contribution < -0.4 is 19.9 Å². The van der Waals surface area contributed by atoms with Crippen LogP contribution in [0.5, 0.6) is 11.5 Å². The molecule has 3 rings (SSSR count). The Labute approximate surface area is 175 Å². The highest BCUT2D eigenvalue weighted by molar-refractivity contribution is 5.78. The Morgan fingerprint density at radius 1 is 1.03 bits per heavy atom. The molecule has 0 bridgehead atoms. The molecule has 1 N–H and O–H groups in total. The fraction of sp³-hybridized carbons (Fsp3) is 0.167. The zero-order valence-corrected chi connectivity index (χ0v) is 16.5. The van der Waals surface area contributed by atoms with Crippen LogP contribution in [0.15, 0.2) is 72.8 Å². The van der Waals surface area contributed by atoms with Gasteiger partial charge >= 0.3 is 0 Å². The third-order valence-corrected chi connectivity index (χ3v) is 4.40. The second kappa shape index (κ2) is 9.99. The van der Waals surface area contributed by atoms with E-state index in [0.29, 0.717) is 41.5 Å². The summed E-state index contributed by atoms with van der Waals surface area (Å²) in [6.45, 7) is 2.62. The van der Waals surface area contributed by atoms with Crippen LogP contribution in [0.3, 0.4) is 0 Å². The van der Waals surface area contributed by atoms with Crippen LogP contribution >= 0.6 is 0 Å². The number of carbonyl (C=O) groups excluding carboxylic acids is 1. The normalized spacial score (nSPS) is 11.2. The lowest BCUT2D eigenvalue weighted by Crippen LogP contribution is -2.34. The molecule has 0 saturated carbocycles. The van der Waals surface area contributed by atoms with Gasteiger partial charge in [0.15, 0.2) is 11.5 Å². The maximum Gasteiger partial charge on any atom is 0.161 e. The number of benzene rings is 3. The van der Waals surface area contributed by atoms with E-state index in [2.05, 4.69) is 5.32 Å². The van der Waals surface area contributed by atoms with Crippen LogP contribution in [0.1, 0.15) is 29.7 Å². The van der Waals surface area contributed by atoms with Gasteiger partial charge in [-0.1, -0.05) is 36.4 Å². The molecule has 0 aliphatic rings. The third-order valence-electron chi connectivity index (χ3n) is 4.40. The summed E-state index contributed by atoms with van der Waals surface area (Å²) < 4.78 is 11.6. The van der Waals surface area contributed by atoms with Crippen molar-refractivity contribution < 1.29 is 19.4 Å². The number of hydrogen-bond donors (Lipinski definition) is 1. The van der Waals surface area contributed by atoms with Gasteiger partial charge in [0.05, 0.1) is 30.3 Å². The zero-order valence-electron chi connectivity index (χ0n) is 16.5. The summed E-state index contributed by atoms with van der Waals surface area (Å²) in [5.41, 5.74) is 2.53. The van der Waals surface area contributed by atoms with E-state index < -0.39 is 12.0 Å². The summed E-state index contributed by atoms with van der Waals surface area (Å²) in [5.74, 6) is -0.293. The van der Waals surface area contributed by atoms with Crippen molar-refractivity contribution in [3.05, 3.63) is 89.5 Å². The predicted molar refractivity (Wildman–Crippen MR) is 111 cm³/mol. The van der Waals surface area contributed by atoms with E-state index in [-0.39, 0.29) is 0 Å². The molecule has 0 radical (unpaired) electrons. The van der Waals surface area contributed by atoms with Gasteiger partial charge in [-0.05, 0) is 54.4 Å². The van der Waals surface area contributed by atoms with Crippen molar-refractivity contribution in [2.24, 2.45) is 0 Å². The fourth-order valence-electron chi connectivity index (χ4n) is 2.91. The fourth-order valence-corrected chi connectivity index (χ4v) is 2.91. The lowest BCUT2D eigenvalue weighted by molar-refractivity contribution is -0.307. The van der Waals surface area contributed by atoms with Gasteiger partial charge in [0.25, 0.3) is 0 Å².